The lowest BCUT2D eigenvalue weighted by Gasteiger charge is -2.12. The van der Waals surface area contributed by atoms with Gasteiger partial charge >= 0.3 is 5.97 Å². The van der Waals surface area contributed by atoms with E-state index in [1.54, 1.807) is 17.8 Å². The highest BCUT2D eigenvalue weighted by atomic mass is 35.5. The van der Waals surface area contributed by atoms with E-state index in [4.69, 9.17) is 21.5 Å². The molecule has 0 spiro atoms. The van der Waals surface area contributed by atoms with Gasteiger partial charge in [-0.3, -0.25) is 0 Å². The number of carbonyl (C=O) groups is 1. The fourth-order valence-electron chi connectivity index (χ4n) is 2.02. The van der Waals surface area contributed by atoms with Gasteiger partial charge in [-0.25, -0.2) is 15.0 Å². The topological polar surface area (TPSA) is 86.4 Å². The van der Waals surface area contributed by atoms with Crippen molar-refractivity contribution in [2.24, 2.45) is 4.99 Å². The Labute approximate surface area is 135 Å². The number of rotatable bonds is 3. The monoisotopic (exact) mass is 338 g/mol. The zero-order chi connectivity index (χ0) is 15.7. The van der Waals surface area contributed by atoms with Gasteiger partial charge in [0.15, 0.2) is 11.4 Å². The quantitative estimate of drug-likeness (QED) is 0.500. The maximum absolute atomic E-state index is 11.9. The zero-order valence-electron chi connectivity index (χ0n) is 11.2. The van der Waals surface area contributed by atoms with Gasteiger partial charge in [-0.1, -0.05) is 17.7 Å². The van der Waals surface area contributed by atoms with E-state index < -0.39 is 11.2 Å². The predicted octanol–water partition coefficient (Wildman–Crippen LogP) is 1.95. The van der Waals surface area contributed by atoms with Crippen LogP contribution in [-0.4, -0.2) is 22.8 Å². The molecule has 0 fully saturated rings. The summed E-state index contributed by atoms with van der Waals surface area (Å²) in [4.78, 5) is 17.0. The molecule has 2 heterocycles. The Balaban J connectivity index is 1.91. The first-order chi connectivity index (χ1) is 10.5. The second-order valence-corrected chi connectivity index (χ2v) is 6.15. The number of ether oxygens (including phenoxy) is 1. The molecule has 0 saturated carbocycles. The molecule has 1 aromatic rings. The highest BCUT2D eigenvalue weighted by Gasteiger charge is 2.26. The SMILES string of the molecule is O=C1OC(c2ccc([NH+]([O-])O)cc2Cl)=N/C1=C\C1=CCCS1. The number of thioether (sulfide) groups is 1. The van der Waals surface area contributed by atoms with Gasteiger partial charge in [-0.05, 0) is 18.6 Å². The lowest BCUT2D eigenvalue weighted by atomic mass is 10.2. The summed E-state index contributed by atoms with van der Waals surface area (Å²) in [5.74, 6) is 0.538. The Morgan fingerprint density at radius 3 is 2.95 bits per heavy atom. The van der Waals surface area contributed by atoms with Crippen LogP contribution in [0.1, 0.15) is 12.0 Å². The third kappa shape index (κ3) is 3.08. The summed E-state index contributed by atoms with van der Waals surface area (Å²) in [6.07, 6.45) is 4.69. The fourth-order valence-corrected chi connectivity index (χ4v) is 3.18. The summed E-state index contributed by atoms with van der Waals surface area (Å²) in [6, 6.07) is 4.16. The van der Waals surface area contributed by atoms with Crippen molar-refractivity contribution in [3.8, 4) is 0 Å². The van der Waals surface area contributed by atoms with Gasteiger partial charge in [0.25, 0.3) is 0 Å². The predicted molar refractivity (Wildman–Crippen MR) is 83.1 cm³/mol. The molecular weight excluding hydrogens is 328 g/mol. The Kier molecular flexibility index (Phi) is 4.32. The number of cyclic esters (lactones) is 1. The van der Waals surface area contributed by atoms with Crippen LogP contribution < -0.4 is 5.23 Å². The lowest BCUT2D eigenvalue weighted by Crippen LogP contribution is -2.99. The number of quaternary nitrogens is 1. The summed E-state index contributed by atoms with van der Waals surface area (Å²) in [6.45, 7) is 0. The molecule has 114 valence electrons. The number of benzene rings is 1. The number of aliphatic imine (C=N–C) groups is 1. The van der Waals surface area contributed by atoms with Gasteiger partial charge in [-0.2, -0.15) is 5.23 Å². The number of halogens is 1. The third-order valence-electron chi connectivity index (χ3n) is 3.08. The van der Waals surface area contributed by atoms with Crippen LogP contribution in [0.4, 0.5) is 5.69 Å². The highest BCUT2D eigenvalue weighted by Crippen LogP contribution is 2.29. The maximum atomic E-state index is 11.9. The van der Waals surface area contributed by atoms with Gasteiger partial charge in [0.2, 0.25) is 5.90 Å². The van der Waals surface area contributed by atoms with Gasteiger partial charge in [0.05, 0.1) is 10.6 Å². The molecule has 2 aliphatic heterocycles. The second-order valence-electron chi connectivity index (χ2n) is 4.58. The molecule has 6 nitrogen and oxygen atoms in total. The number of nitrogens with zero attached hydrogens (tertiary/aromatic N) is 1. The number of carbonyl (C=O) groups excluding carboxylic acids is 1. The molecule has 0 radical (unpaired) electrons. The highest BCUT2D eigenvalue weighted by molar-refractivity contribution is 8.03. The van der Waals surface area contributed by atoms with E-state index in [0.29, 0.717) is 5.56 Å². The fraction of sp³-hybridized carbons (Fsp3) is 0.143. The van der Waals surface area contributed by atoms with E-state index in [-0.39, 0.29) is 22.3 Å². The van der Waals surface area contributed by atoms with Crippen molar-refractivity contribution < 1.29 is 20.0 Å². The summed E-state index contributed by atoms with van der Waals surface area (Å²) >= 11 is 7.70. The minimum Gasteiger partial charge on any atom is -0.595 e. The maximum Gasteiger partial charge on any atom is 0.363 e. The van der Waals surface area contributed by atoms with Crippen LogP contribution in [0.15, 0.2) is 45.9 Å². The Morgan fingerprint density at radius 1 is 1.50 bits per heavy atom. The van der Waals surface area contributed by atoms with Crippen molar-refractivity contribution in [2.45, 2.75) is 6.42 Å². The van der Waals surface area contributed by atoms with E-state index >= 15 is 0 Å². The zero-order valence-corrected chi connectivity index (χ0v) is 12.8. The van der Waals surface area contributed by atoms with E-state index in [1.807, 2.05) is 6.08 Å². The second kappa shape index (κ2) is 6.23. The number of esters is 1. The first-order valence-electron chi connectivity index (χ1n) is 6.43. The van der Waals surface area contributed by atoms with Crippen molar-refractivity contribution in [1.29, 1.82) is 0 Å². The van der Waals surface area contributed by atoms with Crippen LogP contribution in [0.2, 0.25) is 5.02 Å². The van der Waals surface area contributed by atoms with Crippen molar-refractivity contribution >= 4 is 40.9 Å². The van der Waals surface area contributed by atoms with Crippen molar-refractivity contribution in [2.75, 3.05) is 5.75 Å². The molecule has 8 heteroatoms. The first kappa shape index (κ1) is 15.3. The van der Waals surface area contributed by atoms with Gasteiger partial charge < -0.3 is 9.94 Å². The first-order valence-corrected chi connectivity index (χ1v) is 7.79. The summed E-state index contributed by atoms with van der Waals surface area (Å²) in [5.41, 5.74) is 0.660. The Morgan fingerprint density at radius 2 is 2.32 bits per heavy atom. The van der Waals surface area contributed by atoms with E-state index in [0.717, 1.165) is 17.1 Å². The number of allylic oxidation sites excluding steroid dienone is 2. The normalized spacial score (nSPS) is 20.9. The molecule has 0 saturated heterocycles. The summed E-state index contributed by atoms with van der Waals surface area (Å²) < 4.78 is 5.13. The van der Waals surface area contributed by atoms with Gasteiger partial charge in [-0.15, -0.1) is 11.8 Å². The smallest absolute Gasteiger partial charge is 0.363 e. The summed E-state index contributed by atoms with van der Waals surface area (Å²) in [7, 11) is 0. The minimum absolute atomic E-state index is 0.0574. The van der Waals surface area contributed by atoms with Crippen LogP contribution in [0, 0.1) is 5.21 Å². The molecule has 2 aliphatic rings. The summed E-state index contributed by atoms with van der Waals surface area (Å²) in [5, 5.41) is 18.9. The number of hydrogen-bond donors (Lipinski definition) is 2. The van der Waals surface area contributed by atoms with Crippen LogP contribution in [-0.2, 0) is 9.53 Å². The van der Waals surface area contributed by atoms with Crippen LogP contribution in [0.5, 0.6) is 0 Å². The number of hydrogen-bond acceptors (Lipinski definition) is 6. The van der Waals surface area contributed by atoms with E-state index in [9.17, 15) is 10.0 Å². The molecule has 0 aliphatic carbocycles. The Hall–Kier alpha value is -1.64. The van der Waals surface area contributed by atoms with E-state index in [1.165, 1.54) is 18.2 Å². The molecule has 2 N–H and O–H groups in total. The molecule has 3 rings (SSSR count). The van der Waals surface area contributed by atoms with E-state index in [2.05, 4.69) is 4.99 Å². The van der Waals surface area contributed by atoms with Crippen molar-refractivity contribution in [1.82, 2.24) is 0 Å². The third-order valence-corrected chi connectivity index (χ3v) is 4.45. The van der Waals surface area contributed by atoms with Crippen molar-refractivity contribution in [3.05, 3.63) is 56.7 Å². The Bertz CT molecular complexity index is 728. The van der Waals surface area contributed by atoms with Crippen LogP contribution >= 0.6 is 23.4 Å². The molecular formula is C14H11ClN2O4S. The lowest BCUT2D eigenvalue weighted by molar-refractivity contribution is -0.991. The molecule has 1 aromatic carbocycles. The largest absolute Gasteiger partial charge is 0.595 e. The standard InChI is InChI=1S/C14H11ClN2O4S/c15-11-6-8(17(19)20)3-4-10(11)13-16-12(14(18)21-13)7-9-2-1-5-22-9/h2-4,6-7,17,19H,1,5H2/b12-7-. The van der Waals surface area contributed by atoms with Gasteiger partial charge in [0, 0.05) is 22.8 Å². The van der Waals surface area contributed by atoms with Crippen LogP contribution in [0.3, 0.4) is 0 Å². The molecule has 1 atom stereocenters. The molecule has 1 unspecified atom stereocenters. The molecule has 0 bridgehead atoms. The van der Waals surface area contributed by atoms with Crippen LogP contribution in [0.25, 0.3) is 0 Å². The average Bonchev–Trinajstić information content (AvgIpc) is 3.10. The van der Waals surface area contributed by atoms with Crippen molar-refractivity contribution in [3.63, 3.8) is 0 Å². The minimum atomic E-state index is -1.08. The molecule has 0 aromatic heterocycles. The molecule has 22 heavy (non-hydrogen) atoms. The number of nitrogens with one attached hydrogen (secondary N) is 1. The molecule has 0 amide bonds. The van der Waals surface area contributed by atoms with Gasteiger partial charge in [0.1, 0.15) is 0 Å². The average molecular weight is 339 g/mol.